The Bertz CT molecular complexity index is 823. The molecule has 2 heterocycles. The van der Waals surface area contributed by atoms with Crippen LogP contribution >= 0.6 is 11.3 Å². The van der Waals surface area contributed by atoms with Gasteiger partial charge in [0.2, 0.25) is 5.82 Å². The molecule has 0 radical (unpaired) electrons. The number of nitrogens with zero attached hydrogens (tertiary/aromatic N) is 5. The van der Waals surface area contributed by atoms with E-state index >= 15 is 0 Å². The van der Waals surface area contributed by atoms with Crippen molar-refractivity contribution < 1.29 is 9.47 Å². The van der Waals surface area contributed by atoms with Gasteiger partial charge in [0.05, 0.1) is 30.2 Å². The van der Waals surface area contributed by atoms with Crippen LogP contribution in [0.3, 0.4) is 0 Å². The van der Waals surface area contributed by atoms with Crippen LogP contribution in [0.25, 0.3) is 10.7 Å². The third-order valence-corrected chi connectivity index (χ3v) is 3.90. The van der Waals surface area contributed by atoms with Crippen LogP contribution in [0.15, 0.2) is 35.7 Å². The average Bonchev–Trinajstić information content (AvgIpc) is 3.26. The topological polar surface area (TPSA) is 85.9 Å². The second kappa shape index (κ2) is 6.89. The Morgan fingerprint density at radius 2 is 2.22 bits per heavy atom. The average molecular weight is 327 g/mol. The minimum atomic E-state index is 0.364. The van der Waals surface area contributed by atoms with E-state index in [0.29, 0.717) is 36.0 Å². The van der Waals surface area contributed by atoms with E-state index < -0.39 is 0 Å². The highest BCUT2D eigenvalue weighted by Crippen LogP contribution is 2.27. The maximum Gasteiger partial charge on any atom is 0.214 e. The van der Waals surface area contributed by atoms with Gasteiger partial charge in [0.15, 0.2) is 11.5 Å². The molecule has 2 aromatic heterocycles. The lowest BCUT2D eigenvalue weighted by Gasteiger charge is -2.10. The first-order valence-electron chi connectivity index (χ1n) is 6.83. The van der Waals surface area contributed by atoms with Crippen molar-refractivity contribution in [2.24, 2.45) is 0 Å². The number of thiophene rings is 1. The summed E-state index contributed by atoms with van der Waals surface area (Å²) in [5, 5.41) is 23.2. The second-order valence-electron chi connectivity index (χ2n) is 4.51. The number of hydrogen-bond acceptors (Lipinski definition) is 7. The Morgan fingerprint density at radius 3 is 2.96 bits per heavy atom. The van der Waals surface area contributed by atoms with Gasteiger partial charge in [0.1, 0.15) is 6.61 Å². The van der Waals surface area contributed by atoms with E-state index in [4.69, 9.17) is 14.7 Å². The first-order chi connectivity index (χ1) is 11.3. The van der Waals surface area contributed by atoms with Crippen LogP contribution in [0.4, 0.5) is 0 Å². The van der Waals surface area contributed by atoms with Crippen molar-refractivity contribution in [3.63, 3.8) is 0 Å². The van der Waals surface area contributed by atoms with Crippen LogP contribution in [0.2, 0.25) is 0 Å². The molecule has 23 heavy (non-hydrogen) atoms. The lowest BCUT2D eigenvalue weighted by molar-refractivity contribution is 0.265. The zero-order chi connectivity index (χ0) is 16.1. The van der Waals surface area contributed by atoms with Gasteiger partial charge in [-0.25, -0.2) is 0 Å². The molecule has 0 aliphatic carbocycles. The fraction of sp³-hybridized carbons (Fsp3) is 0.200. The Hall–Kier alpha value is -2.92. The molecule has 0 spiro atoms. The lowest BCUT2D eigenvalue weighted by atomic mass is 10.2. The van der Waals surface area contributed by atoms with Crippen LogP contribution in [-0.4, -0.2) is 33.9 Å². The van der Waals surface area contributed by atoms with Crippen LogP contribution in [0.5, 0.6) is 11.5 Å². The van der Waals surface area contributed by atoms with Gasteiger partial charge in [-0.15, -0.1) is 21.5 Å². The number of ether oxygens (including phenoxy) is 2. The third kappa shape index (κ3) is 3.46. The predicted octanol–water partition coefficient (Wildman–Crippen LogP) is 2.36. The molecule has 0 N–H and O–H groups in total. The van der Waals surface area contributed by atoms with Gasteiger partial charge < -0.3 is 9.47 Å². The normalized spacial score (nSPS) is 10.3. The highest BCUT2D eigenvalue weighted by molar-refractivity contribution is 7.13. The number of rotatable bonds is 6. The minimum absolute atomic E-state index is 0.364. The number of benzene rings is 1. The Kier molecular flexibility index (Phi) is 4.49. The standard InChI is InChI=1S/C15H13N5O2S/c1-21-13-9-11(10-16)4-5-12(13)22-7-6-20-18-15(17-19-20)14-3-2-8-23-14/h2-5,8-9H,6-7H2,1H3. The molecule has 0 saturated heterocycles. The summed E-state index contributed by atoms with van der Waals surface area (Å²) < 4.78 is 10.9. The molecule has 3 aromatic rings. The summed E-state index contributed by atoms with van der Waals surface area (Å²) in [4.78, 5) is 2.47. The lowest BCUT2D eigenvalue weighted by Crippen LogP contribution is -2.11. The Morgan fingerprint density at radius 1 is 1.30 bits per heavy atom. The van der Waals surface area contributed by atoms with E-state index in [0.717, 1.165) is 4.88 Å². The molecule has 0 unspecified atom stereocenters. The van der Waals surface area contributed by atoms with Crippen molar-refractivity contribution in [2.45, 2.75) is 6.54 Å². The summed E-state index contributed by atoms with van der Waals surface area (Å²) in [5.74, 6) is 1.70. The van der Waals surface area contributed by atoms with Crippen molar-refractivity contribution in [2.75, 3.05) is 13.7 Å². The zero-order valence-electron chi connectivity index (χ0n) is 12.3. The molecule has 0 bridgehead atoms. The molecule has 8 heteroatoms. The van der Waals surface area contributed by atoms with E-state index in [1.54, 1.807) is 29.5 Å². The van der Waals surface area contributed by atoms with Crippen LogP contribution in [0, 0.1) is 11.3 Å². The summed E-state index contributed by atoms with van der Waals surface area (Å²) in [5.41, 5.74) is 0.521. The van der Waals surface area contributed by atoms with Gasteiger partial charge in [0, 0.05) is 6.07 Å². The molecule has 3 rings (SSSR count). The van der Waals surface area contributed by atoms with Crippen molar-refractivity contribution in [1.82, 2.24) is 20.2 Å². The molecule has 0 fully saturated rings. The molecule has 0 atom stereocenters. The second-order valence-corrected chi connectivity index (χ2v) is 5.46. The van der Waals surface area contributed by atoms with Crippen molar-refractivity contribution in [3.05, 3.63) is 41.3 Å². The fourth-order valence-electron chi connectivity index (χ4n) is 1.94. The number of methoxy groups -OCH3 is 1. The summed E-state index contributed by atoms with van der Waals surface area (Å²) in [6.07, 6.45) is 0. The van der Waals surface area contributed by atoms with Gasteiger partial charge in [-0.2, -0.15) is 10.1 Å². The Balaban J connectivity index is 1.61. The van der Waals surface area contributed by atoms with E-state index in [-0.39, 0.29) is 0 Å². The van der Waals surface area contributed by atoms with E-state index in [2.05, 4.69) is 21.5 Å². The minimum Gasteiger partial charge on any atom is -0.493 e. The maximum absolute atomic E-state index is 8.88. The van der Waals surface area contributed by atoms with Gasteiger partial charge in [0.25, 0.3) is 0 Å². The van der Waals surface area contributed by atoms with Gasteiger partial charge in [-0.05, 0) is 28.8 Å². The summed E-state index contributed by atoms with van der Waals surface area (Å²) in [6, 6.07) is 11.0. The zero-order valence-corrected chi connectivity index (χ0v) is 13.2. The van der Waals surface area contributed by atoms with Gasteiger partial charge >= 0.3 is 0 Å². The van der Waals surface area contributed by atoms with Crippen molar-refractivity contribution in [1.29, 1.82) is 5.26 Å². The summed E-state index contributed by atoms with van der Waals surface area (Å²) >= 11 is 1.57. The largest absolute Gasteiger partial charge is 0.493 e. The molecule has 0 amide bonds. The molecule has 0 saturated carbocycles. The number of hydrogen-bond donors (Lipinski definition) is 0. The Labute approximate surface area is 136 Å². The molecule has 0 aliphatic rings. The maximum atomic E-state index is 8.88. The number of tetrazole rings is 1. The predicted molar refractivity (Wildman–Crippen MR) is 84.3 cm³/mol. The molecule has 1 aromatic carbocycles. The monoisotopic (exact) mass is 327 g/mol. The first-order valence-corrected chi connectivity index (χ1v) is 7.71. The van der Waals surface area contributed by atoms with Crippen molar-refractivity contribution in [3.8, 4) is 28.3 Å². The van der Waals surface area contributed by atoms with Crippen LogP contribution in [0.1, 0.15) is 5.56 Å². The first kappa shape index (κ1) is 15.0. The fourth-order valence-corrected chi connectivity index (χ4v) is 2.58. The highest BCUT2D eigenvalue weighted by Gasteiger charge is 2.08. The smallest absolute Gasteiger partial charge is 0.214 e. The van der Waals surface area contributed by atoms with Gasteiger partial charge in [-0.1, -0.05) is 6.07 Å². The molecule has 0 aliphatic heterocycles. The quantitative estimate of drug-likeness (QED) is 0.691. The molecule has 116 valence electrons. The van der Waals surface area contributed by atoms with Crippen LogP contribution in [-0.2, 0) is 6.54 Å². The third-order valence-electron chi connectivity index (χ3n) is 3.04. The molecular weight excluding hydrogens is 314 g/mol. The highest BCUT2D eigenvalue weighted by atomic mass is 32.1. The summed E-state index contributed by atoms with van der Waals surface area (Å²) in [6.45, 7) is 0.823. The van der Waals surface area contributed by atoms with E-state index in [9.17, 15) is 0 Å². The molecule has 7 nitrogen and oxygen atoms in total. The van der Waals surface area contributed by atoms with E-state index in [1.165, 1.54) is 11.9 Å². The van der Waals surface area contributed by atoms with E-state index in [1.807, 2.05) is 17.5 Å². The van der Waals surface area contributed by atoms with Crippen LogP contribution < -0.4 is 9.47 Å². The SMILES string of the molecule is COc1cc(C#N)ccc1OCCn1nnc(-c2cccs2)n1. The molecular formula is C15H13N5O2S. The van der Waals surface area contributed by atoms with Crippen molar-refractivity contribution >= 4 is 11.3 Å². The number of aromatic nitrogens is 4. The number of nitriles is 1. The van der Waals surface area contributed by atoms with Gasteiger partial charge in [-0.3, -0.25) is 0 Å². The summed E-state index contributed by atoms with van der Waals surface area (Å²) in [7, 11) is 1.54.